The number of hydrogen-bond acceptors (Lipinski definition) is 1. The van der Waals surface area contributed by atoms with Gasteiger partial charge in [0.15, 0.2) is 0 Å². The van der Waals surface area contributed by atoms with Crippen LogP contribution < -0.4 is 0 Å². The highest BCUT2D eigenvalue weighted by atomic mass is 35.7. The Labute approximate surface area is 54.3 Å². The van der Waals surface area contributed by atoms with Crippen molar-refractivity contribution in [3.8, 4) is 0 Å². The highest BCUT2D eigenvalue weighted by molar-refractivity contribution is 7.34. The van der Waals surface area contributed by atoms with Gasteiger partial charge >= 0.3 is 0 Å². The second-order valence-electron chi connectivity index (χ2n) is 1.95. The molecule has 44 valence electrons. The van der Waals surface area contributed by atoms with E-state index >= 15 is 0 Å². The largest absolute Gasteiger partial charge is 0.391 e. The highest BCUT2D eigenvalue weighted by Crippen LogP contribution is 2.13. The van der Waals surface area contributed by atoms with Crippen LogP contribution in [0.3, 0.4) is 0 Å². The third-order valence-electron chi connectivity index (χ3n) is 0.534. The first-order valence-corrected chi connectivity index (χ1v) is 6.02. The van der Waals surface area contributed by atoms with Crippen molar-refractivity contribution in [3.63, 3.8) is 0 Å². The number of hydrogen-bond donors (Lipinski definition) is 1. The normalized spacial score (nSPS) is 12.9. The van der Waals surface area contributed by atoms with Crippen LogP contribution in [0.4, 0.5) is 0 Å². The van der Waals surface area contributed by atoms with Crippen molar-refractivity contribution in [2.75, 3.05) is 0 Å². The molecule has 0 saturated carbocycles. The average Bonchev–Trinajstić information content (AvgIpc) is 1.31. The fourth-order valence-corrected chi connectivity index (χ4v) is 0. The van der Waals surface area contributed by atoms with Gasteiger partial charge in [-0.1, -0.05) is 0 Å². The summed E-state index contributed by atoms with van der Waals surface area (Å²) in [7, 11) is -1.86. The Hall–Kier alpha value is 0.757. The van der Waals surface area contributed by atoms with Gasteiger partial charge in [-0.05, 0) is 13.8 Å². The standard InChI is InChI=1S/C3H8Cl2OSi/c1-3(2,6)7(4)5/h6-7H,1-2H3. The Morgan fingerprint density at radius 2 is 1.57 bits per heavy atom. The summed E-state index contributed by atoms with van der Waals surface area (Å²) < 4.78 is 0. The van der Waals surface area contributed by atoms with Gasteiger partial charge < -0.3 is 5.11 Å². The van der Waals surface area contributed by atoms with Gasteiger partial charge in [-0.3, -0.25) is 0 Å². The fraction of sp³-hybridized carbons (Fsp3) is 1.00. The Kier molecular flexibility index (Phi) is 2.61. The first-order valence-electron chi connectivity index (χ1n) is 1.95. The molecule has 1 N–H and O–H groups in total. The third kappa shape index (κ3) is 3.35. The molecule has 1 nitrogen and oxygen atoms in total. The maximum atomic E-state index is 8.89. The summed E-state index contributed by atoms with van der Waals surface area (Å²) in [5.41, 5.74) is 0. The van der Waals surface area contributed by atoms with Gasteiger partial charge in [0.05, 0.1) is 5.22 Å². The molecule has 0 aromatic heterocycles. The molecule has 0 rings (SSSR count). The fourth-order valence-electron chi connectivity index (χ4n) is 0. The average molecular weight is 159 g/mol. The van der Waals surface area contributed by atoms with Crippen LogP contribution in [0.1, 0.15) is 13.8 Å². The maximum absolute atomic E-state index is 8.89. The second-order valence-corrected chi connectivity index (χ2v) is 7.26. The molecule has 0 aliphatic carbocycles. The zero-order chi connectivity index (χ0) is 6.08. The quantitative estimate of drug-likeness (QED) is 0.447. The predicted octanol–water partition coefficient (Wildman–Crippen LogP) is 0.995. The lowest BCUT2D eigenvalue weighted by Crippen LogP contribution is -2.31. The van der Waals surface area contributed by atoms with Crippen molar-refractivity contribution < 1.29 is 5.11 Å². The van der Waals surface area contributed by atoms with Gasteiger partial charge in [-0.25, -0.2) is 0 Å². The van der Waals surface area contributed by atoms with Crippen LogP contribution >= 0.6 is 22.2 Å². The van der Waals surface area contributed by atoms with Crippen molar-refractivity contribution in [1.29, 1.82) is 0 Å². The van der Waals surface area contributed by atoms with Crippen LogP contribution in [0.15, 0.2) is 0 Å². The summed E-state index contributed by atoms with van der Waals surface area (Å²) in [5, 5.41) is 8.06. The summed E-state index contributed by atoms with van der Waals surface area (Å²) in [6.45, 7) is 3.23. The molecule has 0 bridgehead atoms. The van der Waals surface area contributed by atoms with Crippen molar-refractivity contribution in [2.45, 2.75) is 19.1 Å². The lowest BCUT2D eigenvalue weighted by Gasteiger charge is -2.15. The molecule has 0 saturated heterocycles. The summed E-state index contributed by atoms with van der Waals surface area (Å²) in [6.07, 6.45) is 0. The lowest BCUT2D eigenvalue weighted by atomic mass is 10.5. The Morgan fingerprint density at radius 3 is 1.57 bits per heavy atom. The molecule has 0 unspecified atom stereocenters. The van der Waals surface area contributed by atoms with Crippen molar-refractivity contribution in [2.24, 2.45) is 0 Å². The Balaban J connectivity index is 3.54. The SMILES string of the molecule is CC(C)(O)[SiH](Cl)Cl. The van der Waals surface area contributed by atoms with E-state index in [1.54, 1.807) is 13.8 Å². The molecular formula is C3H8Cl2OSi. The van der Waals surface area contributed by atoms with Crippen LogP contribution in [0.25, 0.3) is 0 Å². The predicted molar refractivity (Wildman–Crippen MR) is 35.2 cm³/mol. The van der Waals surface area contributed by atoms with Crippen LogP contribution in [-0.4, -0.2) is 17.7 Å². The van der Waals surface area contributed by atoms with E-state index in [4.69, 9.17) is 27.3 Å². The van der Waals surface area contributed by atoms with Gasteiger partial charge in [0.1, 0.15) is 0 Å². The van der Waals surface area contributed by atoms with E-state index < -0.39 is 12.6 Å². The van der Waals surface area contributed by atoms with Crippen molar-refractivity contribution in [1.82, 2.24) is 0 Å². The number of rotatable bonds is 1. The minimum absolute atomic E-state index is 0.830. The van der Waals surface area contributed by atoms with Gasteiger partial charge in [-0.2, -0.15) is 0 Å². The second kappa shape index (κ2) is 2.35. The van der Waals surface area contributed by atoms with Crippen molar-refractivity contribution >= 4 is 29.6 Å². The molecule has 0 atom stereocenters. The molecule has 0 fully saturated rings. The minimum Gasteiger partial charge on any atom is -0.391 e. The molecule has 0 aliphatic heterocycles. The number of halogens is 2. The van der Waals surface area contributed by atoms with E-state index in [0.717, 1.165) is 0 Å². The van der Waals surface area contributed by atoms with E-state index in [0.29, 0.717) is 0 Å². The molecule has 0 heterocycles. The first kappa shape index (κ1) is 7.76. The highest BCUT2D eigenvalue weighted by Gasteiger charge is 2.23. The summed E-state index contributed by atoms with van der Waals surface area (Å²) >= 11 is 10.8. The first-order chi connectivity index (χ1) is 2.94. The molecule has 0 aliphatic rings. The van der Waals surface area contributed by atoms with Gasteiger partial charge in [0.25, 0.3) is 7.42 Å². The Bertz CT molecular complexity index is 58.4. The van der Waals surface area contributed by atoms with Gasteiger partial charge in [0, 0.05) is 0 Å². The molecule has 0 aromatic carbocycles. The van der Waals surface area contributed by atoms with Crippen LogP contribution in [0.2, 0.25) is 0 Å². The van der Waals surface area contributed by atoms with Gasteiger partial charge in [-0.15, -0.1) is 22.2 Å². The third-order valence-corrected chi connectivity index (χ3v) is 4.81. The zero-order valence-corrected chi connectivity index (χ0v) is 6.95. The van der Waals surface area contributed by atoms with E-state index in [1.165, 1.54) is 0 Å². The Morgan fingerprint density at radius 1 is 1.43 bits per heavy atom. The molecule has 0 radical (unpaired) electrons. The monoisotopic (exact) mass is 158 g/mol. The van der Waals surface area contributed by atoms with Crippen molar-refractivity contribution in [3.05, 3.63) is 0 Å². The molecule has 4 heteroatoms. The summed E-state index contributed by atoms with van der Waals surface area (Å²) in [5.74, 6) is 0. The molecule has 0 amide bonds. The minimum atomic E-state index is -1.86. The molecular weight excluding hydrogens is 151 g/mol. The maximum Gasteiger partial charge on any atom is 0.267 e. The number of aliphatic hydroxyl groups is 1. The molecule has 0 spiro atoms. The van der Waals surface area contributed by atoms with Crippen LogP contribution in [0.5, 0.6) is 0 Å². The molecule has 0 aromatic rings. The van der Waals surface area contributed by atoms with Crippen LogP contribution in [0, 0.1) is 0 Å². The summed E-state index contributed by atoms with van der Waals surface area (Å²) in [4.78, 5) is 0. The summed E-state index contributed by atoms with van der Waals surface area (Å²) in [6, 6.07) is 0. The topological polar surface area (TPSA) is 20.2 Å². The van der Waals surface area contributed by atoms with E-state index in [1.807, 2.05) is 0 Å². The lowest BCUT2D eigenvalue weighted by molar-refractivity contribution is 0.166. The molecule has 7 heavy (non-hydrogen) atoms. The van der Waals surface area contributed by atoms with Gasteiger partial charge in [0.2, 0.25) is 0 Å². The van der Waals surface area contributed by atoms with Crippen LogP contribution in [-0.2, 0) is 0 Å². The van der Waals surface area contributed by atoms with E-state index in [9.17, 15) is 0 Å². The smallest absolute Gasteiger partial charge is 0.267 e. The van der Waals surface area contributed by atoms with E-state index in [2.05, 4.69) is 0 Å². The van der Waals surface area contributed by atoms with E-state index in [-0.39, 0.29) is 0 Å². The zero-order valence-electron chi connectivity index (χ0n) is 4.28.